The van der Waals surface area contributed by atoms with Gasteiger partial charge in [-0.15, -0.1) is 5.10 Å². The van der Waals surface area contributed by atoms with Crippen molar-refractivity contribution < 1.29 is 14.1 Å². The molecule has 0 saturated heterocycles. The second-order valence-corrected chi connectivity index (χ2v) is 6.03. The maximum absolute atomic E-state index is 12.0. The van der Waals surface area contributed by atoms with E-state index in [1.165, 1.54) is 10.9 Å². The van der Waals surface area contributed by atoms with E-state index < -0.39 is 16.8 Å². The Morgan fingerprint density at radius 2 is 2.25 bits per heavy atom. The van der Waals surface area contributed by atoms with Crippen molar-refractivity contribution >= 4 is 16.8 Å². The minimum Gasteiger partial charge on any atom is -0.476 e. The lowest BCUT2D eigenvalue weighted by atomic mass is 10.2. The van der Waals surface area contributed by atoms with Gasteiger partial charge in [-0.3, -0.25) is 8.89 Å². The van der Waals surface area contributed by atoms with Crippen molar-refractivity contribution in [3.8, 4) is 0 Å². The molecule has 20 heavy (non-hydrogen) atoms. The highest BCUT2D eigenvalue weighted by Crippen LogP contribution is 2.07. The Bertz CT molecular complexity index is 639. The van der Waals surface area contributed by atoms with Gasteiger partial charge in [0, 0.05) is 22.3 Å². The molecule has 1 N–H and O–H groups in total. The molecule has 0 amide bonds. The van der Waals surface area contributed by atoms with Crippen LogP contribution < -0.4 is 0 Å². The van der Waals surface area contributed by atoms with Crippen LogP contribution in [-0.2, 0) is 23.1 Å². The summed E-state index contributed by atoms with van der Waals surface area (Å²) >= 11 is 0. The average Bonchev–Trinajstić information content (AvgIpc) is 2.85. The standard InChI is InChI=1S/C13H15N3O3S/c1-10-3-2-4-11(7-10)9-20(19)6-5-16-8-12(13(17)18)14-15-16/h2-4,7-8H,5-6,9H2,1H3,(H,17,18). The fourth-order valence-corrected chi connectivity index (χ4v) is 2.85. The summed E-state index contributed by atoms with van der Waals surface area (Å²) in [5, 5.41) is 15.9. The molecule has 1 atom stereocenters. The van der Waals surface area contributed by atoms with E-state index >= 15 is 0 Å². The second-order valence-electron chi connectivity index (χ2n) is 4.45. The normalized spacial score (nSPS) is 12.2. The zero-order valence-corrected chi connectivity index (χ0v) is 11.8. The van der Waals surface area contributed by atoms with Gasteiger partial charge in [0.25, 0.3) is 0 Å². The Labute approximate surface area is 118 Å². The zero-order chi connectivity index (χ0) is 14.5. The number of aryl methyl sites for hydroxylation is 2. The molecule has 1 aromatic heterocycles. The topological polar surface area (TPSA) is 85.1 Å². The minimum absolute atomic E-state index is 0.102. The molecule has 1 unspecified atom stereocenters. The van der Waals surface area contributed by atoms with Crippen molar-refractivity contribution in [2.75, 3.05) is 5.75 Å². The van der Waals surface area contributed by atoms with Crippen molar-refractivity contribution in [3.05, 3.63) is 47.3 Å². The van der Waals surface area contributed by atoms with Gasteiger partial charge < -0.3 is 5.11 Å². The quantitative estimate of drug-likeness (QED) is 0.866. The first-order chi connectivity index (χ1) is 9.54. The van der Waals surface area contributed by atoms with Crippen molar-refractivity contribution in [2.24, 2.45) is 0 Å². The number of hydrogen-bond acceptors (Lipinski definition) is 4. The Morgan fingerprint density at radius 3 is 2.90 bits per heavy atom. The summed E-state index contributed by atoms with van der Waals surface area (Å²) in [5.74, 6) is -0.212. The van der Waals surface area contributed by atoms with Crippen molar-refractivity contribution in [2.45, 2.75) is 19.2 Å². The van der Waals surface area contributed by atoms with Crippen LogP contribution in [0.1, 0.15) is 21.6 Å². The first-order valence-electron chi connectivity index (χ1n) is 6.08. The third kappa shape index (κ3) is 3.99. The van der Waals surface area contributed by atoms with E-state index in [9.17, 15) is 9.00 Å². The molecule has 0 radical (unpaired) electrons. The average molecular weight is 293 g/mol. The molecule has 6 nitrogen and oxygen atoms in total. The zero-order valence-electron chi connectivity index (χ0n) is 11.0. The molecular formula is C13H15N3O3S. The first kappa shape index (κ1) is 14.4. The van der Waals surface area contributed by atoms with Crippen molar-refractivity contribution in [1.82, 2.24) is 15.0 Å². The Hall–Kier alpha value is -2.02. The van der Waals surface area contributed by atoms with Gasteiger partial charge in [0.15, 0.2) is 5.69 Å². The van der Waals surface area contributed by atoms with Crippen LogP contribution in [0, 0.1) is 6.92 Å². The molecule has 2 aromatic rings. The molecule has 0 aliphatic rings. The van der Waals surface area contributed by atoms with Gasteiger partial charge in [-0.05, 0) is 12.5 Å². The highest BCUT2D eigenvalue weighted by Gasteiger charge is 2.09. The van der Waals surface area contributed by atoms with Crippen LogP contribution in [0.15, 0.2) is 30.5 Å². The van der Waals surface area contributed by atoms with Gasteiger partial charge in [0.05, 0.1) is 12.7 Å². The lowest BCUT2D eigenvalue weighted by Gasteiger charge is -2.03. The summed E-state index contributed by atoms with van der Waals surface area (Å²) in [4.78, 5) is 10.6. The van der Waals surface area contributed by atoms with Crippen LogP contribution in [-0.4, -0.2) is 36.0 Å². The number of aromatic carboxylic acids is 1. The van der Waals surface area contributed by atoms with Crippen molar-refractivity contribution in [1.29, 1.82) is 0 Å². The Balaban J connectivity index is 1.87. The molecule has 0 aliphatic heterocycles. The highest BCUT2D eigenvalue weighted by atomic mass is 32.2. The molecule has 1 aromatic carbocycles. The van der Waals surface area contributed by atoms with Crippen LogP contribution in [0.4, 0.5) is 0 Å². The number of benzene rings is 1. The van der Waals surface area contributed by atoms with Gasteiger partial charge in [-0.2, -0.15) is 0 Å². The summed E-state index contributed by atoms with van der Waals surface area (Å²) < 4.78 is 13.4. The Morgan fingerprint density at radius 1 is 1.45 bits per heavy atom. The van der Waals surface area contributed by atoms with Gasteiger partial charge in [0.1, 0.15) is 0 Å². The van der Waals surface area contributed by atoms with Gasteiger partial charge in [-0.1, -0.05) is 35.0 Å². The number of carboxylic acids is 1. The predicted molar refractivity (Wildman–Crippen MR) is 74.9 cm³/mol. The molecular weight excluding hydrogens is 278 g/mol. The van der Waals surface area contributed by atoms with Gasteiger partial charge in [0.2, 0.25) is 0 Å². The fourth-order valence-electron chi connectivity index (χ4n) is 1.76. The third-order valence-electron chi connectivity index (χ3n) is 2.72. The van der Waals surface area contributed by atoms with E-state index in [1.54, 1.807) is 0 Å². The summed E-state index contributed by atoms with van der Waals surface area (Å²) in [7, 11) is -1.02. The maximum atomic E-state index is 12.0. The molecule has 0 bridgehead atoms. The summed E-state index contributed by atoms with van der Waals surface area (Å²) in [6.45, 7) is 2.38. The molecule has 106 valence electrons. The van der Waals surface area contributed by atoms with E-state index in [2.05, 4.69) is 10.3 Å². The number of nitrogens with zero attached hydrogens (tertiary/aromatic N) is 3. The number of aromatic nitrogens is 3. The third-order valence-corrected chi connectivity index (χ3v) is 4.01. The second kappa shape index (κ2) is 6.42. The summed E-state index contributed by atoms with van der Waals surface area (Å²) in [6, 6.07) is 7.90. The number of carboxylic acid groups (broad SMARTS) is 1. The van der Waals surface area contributed by atoms with Gasteiger partial charge >= 0.3 is 5.97 Å². The largest absolute Gasteiger partial charge is 0.476 e. The van der Waals surface area contributed by atoms with E-state index in [1.807, 2.05) is 31.2 Å². The number of carbonyl (C=O) groups is 1. The Kier molecular flexibility index (Phi) is 4.62. The molecule has 0 aliphatic carbocycles. The summed E-state index contributed by atoms with van der Waals surface area (Å²) in [5.41, 5.74) is 2.07. The fraction of sp³-hybridized carbons (Fsp3) is 0.308. The minimum atomic E-state index is -1.11. The van der Waals surface area contributed by atoms with E-state index in [0.29, 0.717) is 18.1 Å². The summed E-state index contributed by atoms with van der Waals surface area (Å²) in [6.07, 6.45) is 1.34. The van der Waals surface area contributed by atoms with Crippen LogP contribution in [0.3, 0.4) is 0 Å². The van der Waals surface area contributed by atoms with Crippen molar-refractivity contribution in [3.63, 3.8) is 0 Å². The molecule has 7 heteroatoms. The highest BCUT2D eigenvalue weighted by molar-refractivity contribution is 7.84. The lowest BCUT2D eigenvalue weighted by molar-refractivity contribution is 0.0690. The SMILES string of the molecule is Cc1cccc(CS(=O)CCn2cc(C(=O)O)nn2)c1. The van der Waals surface area contributed by atoms with E-state index in [-0.39, 0.29) is 5.69 Å². The lowest BCUT2D eigenvalue weighted by Crippen LogP contribution is -2.10. The maximum Gasteiger partial charge on any atom is 0.358 e. The van der Waals surface area contributed by atoms with E-state index in [4.69, 9.17) is 5.11 Å². The first-order valence-corrected chi connectivity index (χ1v) is 7.57. The van der Waals surface area contributed by atoms with E-state index in [0.717, 1.165) is 11.1 Å². The number of hydrogen-bond donors (Lipinski definition) is 1. The molecule has 1 heterocycles. The van der Waals surface area contributed by atoms with Crippen LogP contribution in [0.2, 0.25) is 0 Å². The van der Waals surface area contributed by atoms with Crippen LogP contribution in [0.5, 0.6) is 0 Å². The smallest absolute Gasteiger partial charge is 0.358 e. The number of rotatable bonds is 6. The molecule has 0 spiro atoms. The van der Waals surface area contributed by atoms with Gasteiger partial charge in [-0.25, -0.2) is 4.79 Å². The molecule has 0 saturated carbocycles. The monoisotopic (exact) mass is 293 g/mol. The molecule has 0 fully saturated rings. The van der Waals surface area contributed by atoms with Crippen LogP contribution in [0.25, 0.3) is 0 Å². The molecule has 2 rings (SSSR count). The van der Waals surface area contributed by atoms with Crippen LogP contribution >= 0.6 is 0 Å². The predicted octanol–water partition coefficient (Wildman–Crippen LogP) is 1.23.